The molecule has 0 radical (unpaired) electrons. The monoisotopic (exact) mass is 324 g/mol. The lowest BCUT2D eigenvalue weighted by atomic mass is 10.1. The van der Waals surface area contributed by atoms with Crippen molar-refractivity contribution in [2.24, 2.45) is 5.73 Å². The summed E-state index contributed by atoms with van der Waals surface area (Å²) in [5.74, 6) is -0.459. The second-order valence-electron chi connectivity index (χ2n) is 4.90. The molecular weight excluding hydrogens is 296 g/mol. The minimum atomic E-state index is -0.459. The molecule has 0 aliphatic heterocycles. The molecule has 0 aliphatic rings. The number of nitrogens with two attached hydrogens (primary N) is 1. The first-order valence-corrected chi connectivity index (χ1v) is 7.41. The lowest BCUT2D eigenvalue weighted by molar-refractivity contribution is -0.138. The fourth-order valence-electron chi connectivity index (χ4n) is 1.70. The molecule has 0 saturated heterocycles. The summed E-state index contributed by atoms with van der Waals surface area (Å²) in [4.78, 5) is 13.1. The second-order valence-corrected chi connectivity index (χ2v) is 4.90. The molecule has 130 valence electrons. The Morgan fingerprint density at radius 3 is 2.48 bits per heavy atom. The molecule has 0 bridgehead atoms. The fraction of sp³-hybridized carbons (Fsp3) is 0.471. The zero-order chi connectivity index (χ0) is 17.7. The molecule has 0 fully saturated rings. The van der Waals surface area contributed by atoms with Gasteiger partial charge in [-0.25, -0.2) is 4.79 Å². The molecule has 6 nitrogen and oxygen atoms in total. The van der Waals surface area contributed by atoms with Crippen molar-refractivity contribution in [3.63, 3.8) is 0 Å². The number of carbonyl (C=O) groups is 1. The molecule has 1 atom stereocenters. The van der Waals surface area contributed by atoms with Gasteiger partial charge in [0.15, 0.2) is 0 Å². The average Bonchev–Trinajstić information content (AvgIpc) is 2.54. The maximum atomic E-state index is 11.1. The predicted octanol–water partition coefficient (Wildman–Crippen LogP) is 1.35. The normalized spacial score (nSPS) is 13.7. The molecular formula is C17H28N2O4. The first-order valence-electron chi connectivity index (χ1n) is 7.41. The van der Waals surface area contributed by atoms with Crippen LogP contribution in [0.1, 0.15) is 13.8 Å². The van der Waals surface area contributed by atoms with E-state index in [1.54, 1.807) is 6.08 Å². The number of allylic oxidation sites excluding steroid dienone is 3. The third kappa shape index (κ3) is 9.67. The number of esters is 1. The average molecular weight is 324 g/mol. The SMILES string of the molecule is C=CC(=O)OCCN(CCOCO)C(C=C)C=C/C(C)=C(\C)N. The largest absolute Gasteiger partial charge is 0.461 e. The van der Waals surface area contributed by atoms with Crippen molar-refractivity contribution >= 4 is 5.97 Å². The highest BCUT2D eigenvalue weighted by atomic mass is 16.6. The molecule has 0 aliphatic carbocycles. The van der Waals surface area contributed by atoms with Crippen LogP contribution in [0, 0.1) is 0 Å². The second kappa shape index (κ2) is 12.6. The van der Waals surface area contributed by atoms with Crippen LogP contribution in [0.3, 0.4) is 0 Å². The highest BCUT2D eigenvalue weighted by molar-refractivity contribution is 5.81. The number of rotatable bonds is 12. The molecule has 0 aromatic carbocycles. The summed E-state index contributed by atoms with van der Waals surface area (Å²) in [6.07, 6.45) is 6.80. The van der Waals surface area contributed by atoms with Gasteiger partial charge in [-0.05, 0) is 19.4 Å². The lowest BCUT2D eigenvalue weighted by Crippen LogP contribution is -2.38. The van der Waals surface area contributed by atoms with E-state index in [4.69, 9.17) is 20.3 Å². The molecule has 0 heterocycles. The van der Waals surface area contributed by atoms with Crippen molar-refractivity contribution in [2.75, 3.05) is 33.1 Å². The number of hydrogen-bond acceptors (Lipinski definition) is 6. The van der Waals surface area contributed by atoms with Gasteiger partial charge in [-0.2, -0.15) is 0 Å². The third-order valence-corrected chi connectivity index (χ3v) is 3.23. The Balaban J connectivity index is 4.82. The zero-order valence-electron chi connectivity index (χ0n) is 14.0. The van der Waals surface area contributed by atoms with E-state index in [9.17, 15) is 4.79 Å². The summed E-state index contributed by atoms with van der Waals surface area (Å²) in [5.41, 5.74) is 7.46. The van der Waals surface area contributed by atoms with Crippen LogP contribution in [0.15, 0.2) is 48.7 Å². The van der Waals surface area contributed by atoms with E-state index in [1.807, 2.05) is 30.9 Å². The molecule has 0 aromatic rings. The minimum Gasteiger partial charge on any atom is -0.461 e. The molecule has 0 spiro atoms. The smallest absolute Gasteiger partial charge is 0.330 e. The molecule has 6 heteroatoms. The van der Waals surface area contributed by atoms with E-state index >= 15 is 0 Å². The summed E-state index contributed by atoms with van der Waals surface area (Å²) in [7, 11) is 0. The van der Waals surface area contributed by atoms with Gasteiger partial charge in [0.05, 0.1) is 6.61 Å². The topological polar surface area (TPSA) is 85.0 Å². The van der Waals surface area contributed by atoms with Gasteiger partial charge in [0.2, 0.25) is 0 Å². The summed E-state index contributed by atoms with van der Waals surface area (Å²) in [6.45, 7) is 12.3. The maximum Gasteiger partial charge on any atom is 0.330 e. The van der Waals surface area contributed by atoms with E-state index < -0.39 is 5.97 Å². The Bertz CT molecular complexity index is 440. The van der Waals surface area contributed by atoms with Crippen LogP contribution in [0.4, 0.5) is 0 Å². The van der Waals surface area contributed by atoms with Crippen LogP contribution in [-0.2, 0) is 14.3 Å². The Morgan fingerprint density at radius 1 is 1.30 bits per heavy atom. The van der Waals surface area contributed by atoms with Gasteiger partial charge in [-0.3, -0.25) is 4.90 Å². The molecule has 0 aromatic heterocycles. The minimum absolute atomic E-state index is 0.0750. The number of ether oxygens (including phenoxy) is 2. The first-order chi connectivity index (χ1) is 11.0. The lowest BCUT2D eigenvalue weighted by Gasteiger charge is -2.27. The van der Waals surface area contributed by atoms with Gasteiger partial charge >= 0.3 is 5.97 Å². The quantitative estimate of drug-likeness (QED) is 0.141. The van der Waals surface area contributed by atoms with Crippen LogP contribution in [-0.4, -0.2) is 55.1 Å². The van der Waals surface area contributed by atoms with Crippen molar-refractivity contribution in [3.05, 3.63) is 48.7 Å². The van der Waals surface area contributed by atoms with Crippen molar-refractivity contribution in [3.8, 4) is 0 Å². The maximum absolute atomic E-state index is 11.1. The molecule has 0 rings (SSSR count). The Kier molecular flexibility index (Phi) is 11.6. The van der Waals surface area contributed by atoms with E-state index in [2.05, 4.69) is 13.2 Å². The van der Waals surface area contributed by atoms with E-state index in [1.165, 1.54) is 0 Å². The number of carbonyl (C=O) groups excluding carboxylic acids is 1. The van der Waals surface area contributed by atoms with Crippen LogP contribution in [0.25, 0.3) is 0 Å². The molecule has 23 heavy (non-hydrogen) atoms. The van der Waals surface area contributed by atoms with Crippen LogP contribution < -0.4 is 5.73 Å². The summed E-state index contributed by atoms with van der Waals surface area (Å²) >= 11 is 0. The Morgan fingerprint density at radius 2 is 1.96 bits per heavy atom. The van der Waals surface area contributed by atoms with Gasteiger partial charge in [0, 0.05) is 30.9 Å². The first kappa shape index (κ1) is 21.1. The summed E-state index contributed by atoms with van der Waals surface area (Å²) in [5, 5.41) is 8.72. The molecule has 0 amide bonds. The molecule has 0 saturated carbocycles. The van der Waals surface area contributed by atoms with Crippen LogP contribution >= 0.6 is 0 Å². The van der Waals surface area contributed by atoms with Crippen molar-refractivity contribution in [1.29, 1.82) is 0 Å². The molecule has 1 unspecified atom stereocenters. The van der Waals surface area contributed by atoms with E-state index in [0.29, 0.717) is 19.7 Å². The molecule has 3 N–H and O–H groups in total. The Labute approximate surface area is 138 Å². The van der Waals surface area contributed by atoms with Crippen LogP contribution in [0.5, 0.6) is 0 Å². The third-order valence-electron chi connectivity index (χ3n) is 3.23. The van der Waals surface area contributed by atoms with Crippen molar-refractivity contribution < 1.29 is 19.4 Å². The highest BCUT2D eigenvalue weighted by Crippen LogP contribution is 2.07. The van der Waals surface area contributed by atoms with Crippen molar-refractivity contribution in [2.45, 2.75) is 19.9 Å². The standard InChI is InChI=1S/C17H28N2O4/c1-5-16(8-7-14(3)15(4)18)19(9-11-22-13-20)10-12-23-17(21)6-2/h5-8,16,20H,1-2,9-13,18H2,3-4H3/b8-7?,15-14+. The van der Waals surface area contributed by atoms with Gasteiger partial charge in [-0.15, -0.1) is 6.58 Å². The number of aliphatic hydroxyl groups is 1. The van der Waals surface area contributed by atoms with E-state index in [-0.39, 0.29) is 19.4 Å². The van der Waals surface area contributed by atoms with Gasteiger partial charge in [0.1, 0.15) is 13.4 Å². The van der Waals surface area contributed by atoms with Gasteiger partial charge < -0.3 is 20.3 Å². The van der Waals surface area contributed by atoms with Crippen molar-refractivity contribution in [1.82, 2.24) is 4.90 Å². The summed E-state index contributed by atoms with van der Waals surface area (Å²) < 4.78 is 9.98. The van der Waals surface area contributed by atoms with Gasteiger partial charge in [0.25, 0.3) is 0 Å². The van der Waals surface area contributed by atoms with Crippen LogP contribution in [0.2, 0.25) is 0 Å². The zero-order valence-corrected chi connectivity index (χ0v) is 14.0. The summed E-state index contributed by atoms with van der Waals surface area (Å²) in [6, 6.07) is -0.0750. The highest BCUT2D eigenvalue weighted by Gasteiger charge is 2.13. The number of hydrogen-bond donors (Lipinski definition) is 2. The Hall–Kier alpha value is -1.89. The van der Waals surface area contributed by atoms with E-state index in [0.717, 1.165) is 17.3 Å². The fourth-order valence-corrected chi connectivity index (χ4v) is 1.70. The van der Waals surface area contributed by atoms with Gasteiger partial charge in [-0.1, -0.05) is 24.8 Å². The predicted molar refractivity (Wildman–Crippen MR) is 91.5 cm³/mol. The number of aliphatic hydroxyl groups excluding tert-OH is 1. The number of nitrogens with zero attached hydrogens (tertiary/aromatic N) is 1.